The Bertz CT molecular complexity index is 390. The van der Waals surface area contributed by atoms with Crippen LogP contribution in [0.1, 0.15) is 123 Å². The quantitative estimate of drug-likeness (QED) is 0.140. The molecule has 0 aliphatic rings. The summed E-state index contributed by atoms with van der Waals surface area (Å²) >= 11 is 0. The molecule has 0 aromatic carbocycles. The molecular weight excluding hydrogens is 340 g/mol. The summed E-state index contributed by atoms with van der Waals surface area (Å²) in [5.74, 6) is -0.837. The molecule has 27 heavy (non-hydrogen) atoms. The van der Waals surface area contributed by atoms with Gasteiger partial charge in [-0.3, -0.25) is 14.4 Å². The minimum atomic E-state index is -0.488. The normalized spacial score (nSPS) is 10.7. The number of hydrogen-bond acceptors (Lipinski definition) is 4. The van der Waals surface area contributed by atoms with Crippen LogP contribution in [0.2, 0.25) is 0 Å². The van der Waals surface area contributed by atoms with E-state index >= 15 is 0 Å². The molecule has 0 N–H and O–H groups in total. The molecule has 0 unspecified atom stereocenters. The van der Waals surface area contributed by atoms with Gasteiger partial charge in [-0.2, -0.15) is 0 Å². The van der Waals surface area contributed by atoms with E-state index in [2.05, 4.69) is 11.7 Å². The standard InChI is InChI=1S/C23H42O4/c1-3-4-5-6-7-8-9-10-11-12-13-14-15-16-17-18-22(25)19-23(26)20-27-21(2)24/h3-20H2,1-2H3. The summed E-state index contributed by atoms with van der Waals surface area (Å²) in [4.78, 5) is 33.7. The molecule has 0 bridgehead atoms. The predicted molar refractivity (Wildman–Crippen MR) is 111 cm³/mol. The van der Waals surface area contributed by atoms with Crippen molar-refractivity contribution < 1.29 is 19.1 Å². The van der Waals surface area contributed by atoms with Crippen LogP contribution in [0, 0.1) is 0 Å². The Hall–Kier alpha value is -1.19. The highest BCUT2D eigenvalue weighted by molar-refractivity contribution is 6.00. The molecule has 0 aromatic heterocycles. The van der Waals surface area contributed by atoms with Crippen LogP contribution >= 0.6 is 0 Å². The predicted octanol–water partition coefficient (Wildman–Crippen LogP) is 6.34. The van der Waals surface area contributed by atoms with Crippen LogP contribution in [0.15, 0.2) is 0 Å². The van der Waals surface area contributed by atoms with Crippen LogP contribution in [0.3, 0.4) is 0 Å². The first kappa shape index (κ1) is 25.8. The fourth-order valence-corrected chi connectivity index (χ4v) is 3.23. The number of rotatable bonds is 20. The van der Waals surface area contributed by atoms with Gasteiger partial charge in [0.05, 0.1) is 6.42 Å². The van der Waals surface area contributed by atoms with Gasteiger partial charge >= 0.3 is 5.97 Å². The molecule has 4 nitrogen and oxygen atoms in total. The highest BCUT2D eigenvalue weighted by Crippen LogP contribution is 2.14. The highest BCUT2D eigenvalue weighted by atomic mass is 16.5. The molecule has 158 valence electrons. The van der Waals surface area contributed by atoms with E-state index in [9.17, 15) is 14.4 Å². The first-order valence-corrected chi connectivity index (χ1v) is 11.2. The Balaban J connectivity index is 3.25. The lowest BCUT2D eigenvalue weighted by atomic mass is 10.0. The van der Waals surface area contributed by atoms with Gasteiger partial charge in [0.1, 0.15) is 12.4 Å². The minimum absolute atomic E-state index is 0.0400. The van der Waals surface area contributed by atoms with Crippen molar-refractivity contribution in [3.05, 3.63) is 0 Å². The van der Waals surface area contributed by atoms with Crippen LogP contribution in [0.25, 0.3) is 0 Å². The van der Waals surface area contributed by atoms with Gasteiger partial charge in [-0.05, 0) is 6.42 Å². The summed E-state index contributed by atoms with van der Waals surface area (Å²) in [5, 5.41) is 0. The second-order valence-corrected chi connectivity index (χ2v) is 7.73. The van der Waals surface area contributed by atoms with Gasteiger partial charge in [-0.25, -0.2) is 0 Å². The topological polar surface area (TPSA) is 60.4 Å². The largest absolute Gasteiger partial charge is 0.458 e. The van der Waals surface area contributed by atoms with Crippen LogP contribution in [0.4, 0.5) is 0 Å². The van der Waals surface area contributed by atoms with E-state index in [-0.39, 0.29) is 24.6 Å². The Kier molecular flexibility index (Phi) is 18.7. The molecule has 0 aliphatic heterocycles. The third-order valence-electron chi connectivity index (χ3n) is 4.89. The fourth-order valence-electron chi connectivity index (χ4n) is 3.23. The lowest BCUT2D eigenvalue weighted by Crippen LogP contribution is -2.15. The monoisotopic (exact) mass is 382 g/mol. The number of esters is 1. The zero-order valence-corrected chi connectivity index (χ0v) is 17.9. The molecular formula is C23H42O4. The second-order valence-electron chi connectivity index (χ2n) is 7.73. The van der Waals surface area contributed by atoms with Crippen molar-refractivity contribution in [1.82, 2.24) is 0 Å². The molecule has 0 aliphatic carbocycles. The molecule has 0 fully saturated rings. The van der Waals surface area contributed by atoms with Crippen molar-refractivity contribution in [3.63, 3.8) is 0 Å². The van der Waals surface area contributed by atoms with E-state index in [0.29, 0.717) is 6.42 Å². The molecule has 0 heterocycles. The van der Waals surface area contributed by atoms with Gasteiger partial charge < -0.3 is 4.74 Å². The zero-order chi connectivity index (χ0) is 20.2. The van der Waals surface area contributed by atoms with E-state index in [1.807, 2.05) is 0 Å². The van der Waals surface area contributed by atoms with Crippen molar-refractivity contribution >= 4 is 17.5 Å². The molecule has 0 aromatic rings. The lowest BCUT2D eigenvalue weighted by molar-refractivity contribution is -0.146. The minimum Gasteiger partial charge on any atom is -0.458 e. The SMILES string of the molecule is CCCCCCCCCCCCCCCCCC(=O)CC(=O)COC(C)=O. The first-order valence-electron chi connectivity index (χ1n) is 11.2. The van der Waals surface area contributed by atoms with Crippen LogP contribution < -0.4 is 0 Å². The number of Topliss-reactive ketones (excluding diaryl/α,β-unsaturated/α-hetero) is 2. The van der Waals surface area contributed by atoms with E-state index in [1.54, 1.807) is 0 Å². The average Bonchev–Trinajstić information content (AvgIpc) is 2.63. The molecule has 0 saturated heterocycles. The number of hydrogen-bond donors (Lipinski definition) is 0. The van der Waals surface area contributed by atoms with Gasteiger partial charge in [-0.15, -0.1) is 0 Å². The Morgan fingerprint density at radius 1 is 0.593 bits per heavy atom. The fraction of sp³-hybridized carbons (Fsp3) is 0.870. The summed E-state index contributed by atoms with van der Waals surface area (Å²) in [6.07, 6.45) is 19.8. The lowest BCUT2D eigenvalue weighted by Gasteiger charge is -2.04. The molecule has 0 rings (SSSR count). The zero-order valence-electron chi connectivity index (χ0n) is 17.9. The number of carbonyl (C=O) groups is 3. The third-order valence-corrected chi connectivity index (χ3v) is 4.89. The number of unbranched alkanes of at least 4 members (excludes halogenated alkanes) is 14. The Labute approximate surface area is 166 Å². The molecule has 0 saturated carbocycles. The molecule has 0 atom stereocenters. The maximum absolute atomic E-state index is 11.7. The molecule has 0 radical (unpaired) electrons. The second kappa shape index (κ2) is 19.6. The summed E-state index contributed by atoms with van der Waals surface area (Å²) in [5.41, 5.74) is 0. The maximum Gasteiger partial charge on any atom is 0.303 e. The summed E-state index contributed by atoms with van der Waals surface area (Å²) in [7, 11) is 0. The van der Waals surface area contributed by atoms with E-state index in [0.717, 1.165) is 12.8 Å². The summed E-state index contributed by atoms with van der Waals surface area (Å²) in [6.45, 7) is 3.24. The maximum atomic E-state index is 11.7. The first-order chi connectivity index (χ1) is 13.1. The van der Waals surface area contributed by atoms with Gasteiger partial charge in [0.15, 0.2) is 5.78 Å². The van der Waals surface area contributed by atoms with Crippen LogP contribution in [-0.4, -0.2) is 24.1 Å². The van der Waals surface area contributed by atoms with Gasteiger partial charge in [0.2, 0.25) is 0 Å². The third kappa shape index (κ3) is 21.0. The molecule has 4 heteroatoms. The Morgan fingerprint density at radius 3 is 1.41 bits per heavy atom. The smallest absolute Gasteiger partial charge is 0.303 e. The van der Waals surface area contributed by atoms with Gasteiger partial charge in [0.25, 0.3) is 0 Å². The van der Waals surface area contributed by atoms with E-state index in [4.69, 9.17) is 0 Å². The average molecular weight is 383 g/mol. The number of ether oxygens (including phenoxy) is 1. The van der Waals surface area contributed by atoms with Crippen molar-refractivity contribution in [2.24, 2.45) is 0 Å². The summed E-state index contributed by atoms with van der Waals surface area (Å²) < 4.78 is 4.59. The number of ketones is 2. The van der Waals surface area contributed by atoms with Crippen LogP contribution in [0.5, 0.6) is 0 Å². The molecule has 0 spiro atoms. The van der Waals surface area contributed by atoms with Crippen molar-refractivity contribution in [2.75, 3.05) is 6.61 Å². The summed E-state index contributed by atoms with van der Waals surface area (Å²) in [6, 6.07) is 0. The Morgan fingerprint density at radius 2 is 1.00 bits per heavy atom. The van der Waals surface area contributed by atoms with Crippen LogP contribution in [-0.2, 0) is 19.1 Å². The van der Waals surface area contributed by atoms with Crippen molar-refractivity contribution in [2.45, 2.75) is 123 Å². The highest BCUT2D eigenvalue weighted by Gasteiger charge is 2.10. The van der Waals surface area contributed by atoms with E-state index < -0.39 is 5.97 Å². The van der Waals surface area contributed by atoms with Crippen molar-refractivity contribution in [3.8, 4) is 0 Å². The van der Waals surface area contributed by atoms with Gasteiger partial charge in [-0.1, -0.05) is 96.8 Å². The van der Waals surface area contributed by atoms with Gasteiger partial charge in [0, 0.05) is 13.3 Å². The number of carbonyl (C=O) groups excluding carboxylic acids is 3. The molecule has 0 amide bonds. The van der Waals surface area contributed by atoms with E-state index in [1.165, 1.54) is 90.4 Å². The van der Waals surface area contributed by atoms with Crippen molar-refractivity contribution in [1.29, 1.82) is 0 Å².